The summed E-state index contributed by atoms with van der Waals surface area (Å²) >= 11 is 3.84. The zero-order chi connectivity index (χ0) is 14.9. The number of carboxylic acid groups (broad SMARTS) is 2. The van der Waals surface area contributed by atoms with Crippen molar-refractivity contribution in [3.05, 3.63) is 0 Å². The minimum absolute atomic E-state index is 0.0107. The van der Waals surface area contributed by atoms with Crippen molar-refractivity contribution in [2.45, 2.75) is 44.4 Å². The fraction of sp³-hybridized carbons (Fsp3) is 0.867. The summed E-state index contributed by atoms with van der Waals surface area (Å²) in [5.41, 5.74) is 0.165. The molecule has 112 valence electrons. The number of hydrogen-bond donors (Lipinski definition) is 2. The van der Waals surface area contributed by atoms with Crippen LogP contribution in [-0.4, -0.2) is 27.0 Å². The molecule has 20 heavy (non-hydrogen) atoms. The van der Waals surface area contributed by atoms with Gasteiger partial charge in [-0.2, -0.15) is 0 Å². The van der Waals surface area contributed by atoms with Gasteiger partial charge in [-0.25, -0.2) is 0 Å². The second kappa shape index (κ2) is 4.21. The van der Waals surface area contributed by atoms with Gasteiger partial charge in [0.05, 0.1) is 11.8 Å². The van der Waals surface area contributed by atoms with E-state index in [2.05, 4.69) is 29.8 Å². The van der Waals surface area contributed by atoms with Gasteiger partial charge >= 0.3 is 11.9 Å². The molecule has 2 bridgehead atoms. The van der Waals surface area contributed by atoms with Crippen LogP contribution in [0.25, 0.3) is 0 Å². The molecule has 0 radical (unpaired) electrons. The molecule has 3 fully saturated rings. The summed E-state index contributed by atoms with van der Waals surface area (Å²) in [7, 11) is 0. The normalized spacial score (nSPS) is 48.9. The van der Waals surface area contributed by atoms with Crippen molar-refractivity contribution < 1.29 is 19.8 Å². The average Bonchev–Trinajstić information content (AvgIpc) is 2.82. The maximum atomic E-state index is 11.5. The average molecular weight is 345 g/mol. The third kappa shape index (κ3) is 1.65. The van der Waals surface area contributed by atoms with Gasteiger partial charge in [0.15, 0.2) is 0 Å². The predicted molar refractivity (Wildman–Crippen MR) is 76.6 cm³/mol. The summed E-state index contributed by atoms with van der Waals surface area (Å²) in [6, 6.07) is 0. The predicted octanol–water partition coefficient (Wildman–Crippen LogP) is 3.00. The SMILES string of the molecule is CC1(C)[C@@H]2C[C@H]3C[C@H](C(=O)O)[C@H](C(=O)O)C[C@@]3(C2)[C@@H]1Br. The van der Waals surface area contributed by atoms with Crippen LogP contribution in [0.2, 0.25) is 0 Å². The van der Waals surface area contributed by atoms with E-state index in [-0.39, 0.29) is 10.8 Å². The second-order valence-electron chi connectivity index (χ2n) is 7.58. The van der Waals surface area contributed by atoms with Gasteiger partial charge in [0, 0.05) is 4.83 Å². The molecule has 1 spiro atoms. The fourth-order valence-corrected chi connectivity index (χ4v) is 6.47. The standard InChI is InChI=1S/C15H21BrO4/c1-14(2)8-3-7-4-9(11(17)18)10(12(19)20)6-15(7,5-8)13(14)16/h7-10,13H,3-6H2,1-2H3,(H,17,18)(H,19,20)/t7-,8+,9-,10+,13+,15+/m0/s1. The molecule has 3 rings (SSSR count). The summed E-state index contributed by atoms with van der Waals surface area (Å²) in [6.07, 6.45) is 3.16. The van der Waals surface area contributed by atoms with Crippen LogP contribution in [0, 0.1) is 34.5 Å². The monoisotopic (exact) mass is 344 g/mol. The minimum atomic E-state index is -0.946. The molecule has 0 amide bonds. The van der Waals surface area contributed by atoms with E-state index in [1.54, 1.807) is 0 Å². The molecule has 6 atom stereocenters. The molecule has 0 aromatic heterocycles. The lowest BCUT2D eigenvalue weighted by Gasteiger charge is -2.51. The second-order valence-corrected chi connectivity index (χ2v) is 8.50. The smallest absolute Gasteiger partial charge is 0.307 e. The molecule has 0 aliphatic heterocycles. The van der Waals surface area contributed by atoms with Crippen molar-refractivity contribution in [3.8, 4) is 0 Å². The first kappa shape index (κ1) is 14.4. The Morgan fingerprint density at radius 2 is 1.60 bits per heavy atom. The Bertz CT molecular complexity index is 474. The number of alkyl halides is 1. The third-order valence-electron chi connectivity index (χ3n) is 6.48. The van der Waals surface area contributed by atoms with Gasteiger partial charge in [-0.3, -0.25) is 9.59 Å². The summed E-state index contributed by atoms with van der Waals surface area (Å²) in [6.45, 7) is 4.50. The lowest BCUT2D eigenvalue weighted by molar-refractivity contribution is -0.160. The lowest BCUT2D eigenvalue weighted by atomic mass is 9.56. The molecule has 0 saturated heterocycles. The number of fused-ring (bicyclic) bond motifs is 1. The number of rotatable bonds is 2. The van der Waals surface area contributed by atoms with Crippen molar-refractivity contribution in [2.75, 3.05) is 0 Å². The van der Waals surface area contributed by atoms with Crippen LogP contribution in [0.1, 0.15) is 39.5 Å². The number of hydrogen-bond acceptors (Lipinski definition) is 2. The largest absolute Gasteiger partial charge is 0.481 e. The van der Waals surface area contributed by atoms with Crippen LogP contribution >= 0.6 is 15.9 Å². The molecule has 3 aliphatic rings. The number of aliphatic carboxylic acids is 2. The Morgan fingerprint density at radius 1 is 1.00 bits per heavy atom. The van der Waals surface area contributed by atoms with Gasteiger partial charge in [-0.05, 0) is 48.3 Å². The molecule has 3 aliphatic carbocycles. The van der Waals surface area contributed by atoms with Crippen molar-refractivity contribution in [3.63, 3.8) is 0 Å². The van der Waals surface area contributed by atoms with Crippen LogP contribution in [0.3, 0.4) is 0 Å². The minimum Gasteiger partial charge on any atom is -0.481 e. The van der Waals surface area contributed by atoms with Gasteiger partial charge in [0.1, 0.15) is 0 Å². The summed E-state index contributed by atoms with van der Waals surface area (Å²) in [5, 5.41) is 18.8. The maximum Gasteiger partial charge on any atom is 0.307 e. The van der Waals surface area contributed by atoms with Crippen molar-refractivity contribution in [1.82, 2.24) is 0 Å². The Labute approximate surface area is 127 Å². The highest BCUT2D eigenvalue weighted by Crippen LogP contribution is 2.72. The van der Waals surface area contributed by atoms with E-state index in [0.29, 0.717) is 29.5 Å². The van der Waals surface area contributed by atoms with Crippen LogP contribution in [0.5, 0.6) is 0 Å². The topological polar surface area (TPSA) is 74.6 Å². The van der Waals surface area contributed by atoms with Crippen molar-refractivity contribution >= 4 is 27.9 Å². The van der Waals surface area contributed by atoms with Crippen LogP contribution in [-0.2, 0) is 9.59 Å². The molecular weight excluding hydrogens is 324 g/mol. The molecule has 0 heterocycles. The van der Waals surface area contributed by atoms with Crippen LogP contribution in [0.15, 0.2) is 0 Å². The Morgan fingerprint density at radius 3 is 2.10 bits per heavy atom. The zero-order valence-electron chi connectivity index (χ0n) is 11.8. The third-order valence-corrected chi connectivity index (χ3v) is 8.57. The fourth-order valence-electron chi connectivity index (χ4n) is 5.35. The maximum absolute atomic E-state index is 11.5. The highest BCUT2D eigenvalue weighted by atomic mass is 79.9. The first-order valence-corrected chi connectivity index (χ1v) is 8.21. The molecule has 2 N–H and O–H groups in total. The Kier molecular flexibility index (Phi) is 3.03. The van der Waals surface area contributed by atoms with E-state index in [1.165, 1.54) is 0 Å². The molecule has 0 aromatic rings. The van der Waals surface area contributed by atoms with E-state index in [1.807, 2.05) is 0 Å². The number of halogens is 1. The van der Waals surface area contributed by atoms with E-state index in [0.717, 1.165) is 12.8 Å². The molecular formula is C15H21BrO4. The highest BCUT2D eigenvalue weighted by molar-refractivity contribution is 9.09. The summed E-state index contributed by atoms with van der Waals surface area (Å²) < 4.78 is 0. The first-order chi connectivity index (χ1) is 9.20. The van der Waals surface area contributed by atoms with E-state index in [4.69, 9.17) is 0 Å². The van der Waals surface area contributed by atoms with Crippen molar-refractivity contribution in [2.24, 2.45) is 34.5 Å². The highest BCUT2D eigenvalue weighted by Gasteiger charge is 2.68. The Balaban J connectivity index is 1.96. The number of carboxylic acids is 2. The molecule has 0 unspecified atom stereocenters. The van der Waals surface area contributed by atoms with E-state index in [9.17, 15) is 19.8 Å². The van der Waals surface area contributed by atoms with Crippen LogP contribution < -0.4 is 0 Å². The number of carbonyl (C=O) groups is 2. The molecule has 3 saturated carbocycles. The summed E-state index contributed by atoms with van der Waals surface area (Å²) in [4.78, 5) is 23.2. The zero-order valence-corrected chi connectivity index (χ0v) is 13.4. The van der Waals surface area contributed by atoms with Gasteiger partial charge in [-0.15, -0.1) is 0 Å². The quantitative estimate of drug-likeness (QED) is 0.755. The summed E-state index contributed by atoms with van der Waals surface area (Å²) in [5.74, 6) is -2.40. The van der Waals surface area contributed by atoms with Gasteiger partial charge < -0.3 is 10.2 Å². The van der Waals surface area contributed by atoms with Crippen molar-refractivity contribution in [1.29, 1.82) is 0 Å². The molecule has 5 heteroatoms. The first-order valence-electron chi connectivity index (χ1n) is 7.30. The molecule has 4 nitrogen and oxygen atoms in total. The van der Waals surface area contributed by atoms with Crippen LogP contribution in [0.4, 0.5) is 0 Å². The molecule has 0 aromatic carbocycles. The van der Waals surface area contributed by atoms with E-state index < -0.39 is 23.8 Å². The van der Waals surface area contributed by atoms with Gasteiger partial charge in [-0.1, -0.05) is 29.8 Å². The van der Waals surface area contributed by atoms with Gasteiger partial charge in [0.2, 0.25) is 0 Å². The lowest BCUT2D eigenvalue weighted by Crippen LogP contribution is -2.51. The van der Waals surface area contributed by atoms with E-state index >= 15 is 0 Å². The Hall–Kier alpha value is -0.580. The van der Waals surface area contributed by atoms with Gasteiger partial charge in [0.25, 0.3) is 0 Å².